The second kappa shape index (κ2) is 9.80. The van der Waals surface area contributed by atoms with Crippen LogP contribution >= 0.6 is 11.6 Å². The van der Waals surface area contributed by atoms with Gasteiger partial charge in [0, 0.05) is 13.1 Å². The van der Waals surface area contributed by atoms with Gasteiger partial charge in [-0.1, -0.05) is 37.6 Å². The molecule has 1 N–H and O–H groups in total. The largest absolute Gasteiger partial charge is 0.452 e. The molecule has 31 heavy (non-hydrogen) atoms. The average molecular weight is 465 g/mol. The maximum atomic E-state index is 12.9. The summed E-state index contributed by atoms with van der Waals surface area (Å²) in [6, 6.07) is 12.3. The molecular weight excluding hydrogens is 440 g/mol. The van der Waals surface area contributed by atoms with Gasteiger partial charge >= 0.3 is 5.97 Å². The normalized spacial score (nSPS) is 19.6. The number of sulfonamides is 1. The van der Waals surface area contributed by atoms with Crippen molar-refractivity contribution in [2.45, 2.75) is 25.2 Å². The average Bonchev–Trinajstić information content (AvgIpc) is 2.73. The Bertz CT molecular complexity index is 1050. The molecular formula is C22H25ClN2O5S. The van der Waals surface area contributed by atoms with E-state index >= 15 is 0 Å². The number of anilines is 1. The number of amides is 1. The lowest BCUT2D eigenvalue weighted by atomic mass is 9.94. The molecule has 9 heteroatoms. The van der Waals surface area contributed by atoms with Gasteiger partial charge in [-0.15, -0.1) is 0 Å². The van der Waals surface area contributed by atoms with Gasteiger partial charge in [0.25, 0.3) is 5.91 Å². The van der Waals surface area contributed by atoms with Crippen LogP contribution < -0.4 is 5.32 Å². The van der Waals surface area contributed by atoms with Gasteiger partial charge in [-0.05, 0) is 54.7 Å². The number of piperidine rings is 1. The highest BCUT2D eigenvalue weighted by atomic mass is 35.5. The number of nitrogens with zero attached hydrogens (tertiary/aromatic N) is 1. The number of hydrogen-bond donors (Lipinski definition) is 1. The van der Waals surface area contributed by atoms with Crippen LogP contribution in [0, 0.1) is 11.8 Å². The van der Waals surface area contributed by atoms with Gasteiger partial charge in [0.15, 0.2) is 6.61 Å². The lowest BCUT2D eigenvalue weighted by Gasteiger charge is -2.34. The molecule has 0 saturated carbocycles. The van der Waals surface area contributed by atoms with Crippen LogP contribution in [0.15, 0.2) is 53.4 Å². The van der Waals surface area contributed by atoms with Crippen molar-refractivity contribution in [3.8, 4) is 0 Å². The lowest BCUT2D eigenvalue weighted by Crippen LogP contribution is -2.42. The van der Waals surface area contributed by atoms with Crippen molar-refractivity contribution >= 4 is 39.2 Å². The molecule has 2 atom stereocenters. The molecule has 1 aliphatic rings. The summed E-state index contributed by atoms with van der Waals surface area (Å²) in [5.41, 5.74) is 0.575. The summed E-state index contributed by atoms with van der Waals surface area (Å²) >= 11 is 5.98. The summed E-state index contributed by atoms with van der Waals surface area (Å²) in [7, 11) is -3.63. The van der Waals surface area contributed by atoms with E-state index in [-0.39, 0.29) is 10.5 Å². The van der Waals surface area contributed by atoms with Crippen LogP contribution in [0.3, 0.4) is 0 Å². The molecule has 1 fully saturated rings. The van der Waals surface area contributed by atoms with Crippen LogP contribution in [0.1, 0.15) is 30.6 Å². The number of carbonyl (C=O) groups is 2. The van der Waals surface area contributed by atoms with E-state index in [2.05, 4.69) is 5.32 Å². The molecule has 2 aromatic carbocycles. The highest BCUT2D eigenvalue weighted by Crippen LogP contribution is 2.27. The standard InChI is InChI=1S/C22H25ClN2O5S/c1-15-11-16(2)13-25(12-15)31(28,29)18-9-7-17(8-10-18)22(27)30-14-21(26)24-20-6-4-3-5-19(20)23/h3-10,15-16H,11-14H2,1-2H3,(H,24,26). The quantitative estimate of drug-likeness (QED) is 0.656. The third-order valence-electron chi connectivity index (χ3n) is 5.05. The molecule has 2 aromatic rings. The summed E-state index contributed by atoms with van der Waals surface area (Å²) in [5, 5.41) is 2.93. The number of carbonyl (C=O) groups excluding carboxylic acids is 2. The Morgan fingerprint density at radius 3 is 2.29 bits per heavy atom. The van der Waals surface area contributed by atoms with E-state index < -0.39 is 28.5 Å². The monoisotopic (exact) mass is 464 g/mol. The van der Waals surface area contributed by atoms with Crippen LogP contribution in [0.25, 0.3) is 0 Å². The van der Waals surface area contributed by atoms with Gasteiger partial charge in [-0.25, -0.2) is 13.2 Å². The second-order valence-electron chi connectivity index (χ2n) is 7.90. The van der Waals surface area contributed by atoms with Crippen molar-refractivity contribution < 1.29 is 22.7 Å². The first-order valence-corrected chi connectivity index (χ1v) is 11.8. The van der Waals surface area contributed by atoms with Crippen molar-refractivity contribution in [1.82, 2.24) is 4.31 Å². The smallest absolute Gasteiger partial charge is 0.338 e. The maximum absolute atomic E-state index is 12.9. The van der Waals surface area contributed by atoms with Crippen LogP contribution in [-0.4, -0.2) is 44.3 Å². The zero-order valence-electron chi connectivity index (χ0n) is 17.4. The molecule has 0 spiro atoms. The minimum absolute atomic E-state index is 0.127. The number of halogens is 1. The van der Waals surface area contributed by atoms with Gasteiger partial charge in [-0.2, -0.15) is 4.31 Å². The van der Waals surface area contributed by atoms with Crippen molar-refractivity contribution in [3.05, 3.63) is 59.1 Å². The Morgan fingerprint density at radius 2 is 1.68 bits per heavy atom. The summed E-state index contributed by atoms with van der Waals surface area (Å²) < 4.78 is 32.4. The molecule has 1 saturated heterocycles. The molecule has 3 rings (SSSR count). The Kier molecular flexibility index (Phi) is 7.35. The molecule has 0 aromatic heterocycles. The highest BCUT2D eigenvalue weighted by Gasteiger charge is 2.31. The van der Waals surface area contributed by atoms with E-state index in [4.69, 9.17) is 16.3 Å². The van der Waals surface area contributed by atoms with Crippen LogP contribution in [0.2, 0.25) is 5.02 Å². The summed E-state index contributed by atoms with van der Waals surface area (Å²) in [5.74, 6) is -0.665. The van der Waals surface area contributed by atoms with Crippen molar-refractivity contribution in [1.29, 1.82) is 0 Å². The van der Waals surface area contributed by atoms with E-state index in [0.29, 0.717) is 35.6 Å². The Balaban J connectivity index is 1.59. The predicted octanol–water partition coefficient (Wildman–Crippen LogP) is 3.80. The zero-order chi connectivity index (χ0) is 22.6. The molecule has 166 valence electrons. The topological polar surface area (TPSA) is 92.8 Å². The van der Waals surface area contributed by atoms with Crippen LogP contribution in [0.4, 0.5) is 5.69 Å². The number of hydrogen-bond acceptors (Lipinski definition) is 5. The number of benzene rings is 2. The molecule has 0 aliphatic carbocycles. The van der Waals surface area contributed by atoms with Gasteiger partial charge in [0.1, 0.15) is 0 Å². The molecule has 2 unspecified atom stereocenters. The lowest BCUT2D eigenvalue weighted by molar-refractivity contribution is -0.119. The third kappa shape index (κ3) is 5.84. The fraction of sp³-hybridized carbons (Fsp3) is 0.364. The molecule has 0 bridgehead atoms. The molecule has 7 nitrogen and oxygen atoms in total. The molecule has 1 amide bonds. The van der Waals surface area contributed by atoms with Crippen molar-refractivity contribution in [3.63, 3.8) is 0 Å². The summed E-state index contributed by atoms with van der Waals surface area (Å²) in [6.45, 7) is 4.56. The van der Waals surface area contributed by atoms with Crippen molar-refractivity contribution in [2.75, 3.05) is 25.0 Å². The van der Waals surface area contributed by atoms with Gasteiger partial charge in [0.2, 0.25) is 10.0 Å². The first-order chi connectivity index (χ1) is 14.7. The molecule has 1 aliphatic heterocycles. The van der Waals surface area contributed by atoms with Crippen LogP contribution in [0.5, 0.6) is 0 Å². The number of esters is 1. The fourth-order valence-corrected chi connectivity index (χ4v) is 5.54. The number of para-hydroxylation sites is 1. The first kappa shape index (κ1) is 23.2. The van der Waals surface area contributed by atoms with E-state index in [0.717, 1.165) is 6.42 Å². The summed E-state index contributed by atoms with van der Waals surface area (Å²) in [4.78, 5) is 24.3. The predicted molar refractivity (Wildman–Crippen MR) is 119 cm³/mol. The minimum atomic E-state index is -3.63. The first-order valence-electron chi connectivity index (χ1n) is 9.98. The highest BCUT2D eigenvalue weighted by molar-refractivity contribution is 7.89. The number of nitrogens with one attached hydrogen (secondary N) is 1. The number of rotatable bonds is 6. The number of ether oxygens (including phenoxy) is 1. The zero-order valence-corrected chi connectivity index (χ0v) is 18.9. The third-order valence-corrected chi connectivity index (χ3v) is 7.22. The Hall–Kier alpha value is -2.42. The summed E-state index contributed by atoms with van der Waals surface area (Å²) in [6.07, 6.45) is 1.00. The Labute approximate surface area is 187 Å². The SMILES string of the molecule is CC1CC(C)CN(S(=O)(=O)c2ccc(C(=O)OCC(=O)Nc3ccccc3Cl)cc2)C1. The molecule has 1 heterocycles. The van der Waals surface area contributed by atoms with Crippen molar-refractivity contribution in [2.24, 2.45) is 11.8 Å². The van der Waals surface area contributed by atoms with Gasteiger partial charge < -0.3 is 10.1 Å². The molecule has 0 radical (unpaired) electrons. The second-order valence-corrected chi connectivity index (χ2v) is 10.2. The van der Waals surface area contributed by atoms with Gasteiger partial charge in [0.05, 0.1) is 21.2 Å². The Morgan fingerprint density at radius 1 is 1.06 bits per heavy atom. The van der Waals surface area contributed by atoms with E-state index in [9.17, 15) is 18.0 Å². The van der Waals surface area contributed by atoms with E-state index in [1.54, 1.807) is 24.3 Å². The minimum Gasteiger partial charge on any atom is -0.452 e. The fourth-order valence-electron chi connectivity index (χ4n) is 3.68. The maximum Gasteiger partial charge on any atom is 0.338 e. The van der Waals surface area contributed by atoms with Crippen LogP contribution in [-0.2, 0) is 19.6 Å². The van der Waals surface area contributed by atoms with E-state index in [1.165, 1.54) is 28.6 Å². The van der Waals surface area contributed by atoms with Gasteiger partial charge in [-0.3, -0.25) is 4.79 Å². The van der Waals surface area contributed by atoms with E-state index in [1.807, 2.05) is 13.8 Å².